The quantitative estimate of drug-likeness (QED) is 0.387. The van der Waals surface area contributed by atoms with Crippen LogP contribution in [0.5, 0.6) is 0 Å². The fourth-order valence-corrected chi connectivity index (χ4v) is 5.39. The zero-order chi connectivity index (χ0) is 23.4. The molecule has 170 valence electrons. The van der Waals surface area contributed by atoms with Gasteiger partial charge in [-0.1, -0.05) is 23.9 Å². The molecule has 33 heavy (non-hydrogen) atoms. The van der Waals surface area contributed by atoms with Crippen LogP contribution < -0.4 is 5.32 Å². The predicted molar refractivity (Wildman–Crippen MR) is 127 cm³/mol. The van der Waals surface area contributed by atoms with E-state index in [0.29, 0.717) is 14.8 Å². The van der Waals surface area contributed by atoms with Gasteiger partial charge in [0.25, 0.3) is 17.5 Å². The van der Waals surface area contributed by atoms with Crippen LogP contribution in [0.3, 0.4) is 0 Å². The maximum absolute atomic E-state index is 12.6. The number of nitrogens with one attached hydrogen (secondary N) is 1. The predicted octanol–water partition coefficient (Wildman–Crippen LogP) is 4.68. The molecule has 2 aromatic carbocycles. The molecule has 4 rings (SSSR count). The number of nitrogens with zero attached hydrogens (tertiary/aromatic N) is 3. The van der Waals surface area contributed by atoms with Crippen molar-refractivity contribution >= 4 is 40.6 Å². The van der Waals surface area contributed by atoms with Crippen LogP contribution in [0.2, 0.25) is 0 Å². The molecule has 10 heteroatoms. The lowest BCUT2D eigenvalue weighted by Gasteiger charge is -2.15. The molecule has 1 aliphatic heterocycles. The first-order chi connectivity index (χ1) is 15.9. The topological polar surface area (TPSA) is 105 Å². The van der Waals surface area contributed by atoms with E-state index in [2.05, 4.69) is 10.3 Å². The van der Waals surface area contributed by atoms with Crippen LogP contribution in [0.4, 0.5) is 5.69 Å². The van der Waals surface area contributed by atoms with Crippen LogP contribution in [0, 0.1) is 17.0 Å². The largest absolute Gasteiger partial charge is 0.348 e. The Morgan fingerprint density at radius 1 is 1.15 bits per heavy atom. The van der Waals surface area contributed by atoms with Gasteiger partial charge in [0.05, 0.1) is 9.82 Å². The van der Waals surface area contributed by atoms with Crippen molar-refractivity contribution in [2.24, 2.45) is 0 Å². The number of amides is 2. The minimum Gasteiger partial charge on any atom is -0.348 e. The van der Waals surface area contributed by atoms with Gasteiger partial charge in [-0.05, 0) is 49.6 Å². The lowest BCUT2D eigenvalue weighted by molar-refractivity contribution is -0.387. The van der Waals surface area contributed by atoms with Crippen molar-refractivity contribution in [3.63, 3.8) is 0 Å². The number of nitro benzene ring substituents is 1. The van der Waals surface area contributed by atoms with Gasteiger partial charge in [0, 0.05) is 47.9 Å². The number of carbonyl (C=O) groups excluding carboxylic acids is 2. The van der Waals surface area contributed by atoms with Gasteiger partial charge in [-0.2, -0.15) is 0 Å². The minimum absolute atomic E-state index is 0.0289. The molecule has 1 aromatic heterocycles. The summed E-state index contributed by atoms with van der Waals surface area (Å²) in [5, 5.41) is 16.2. The average Bonchev–Trinajstić information content (AvgIpc) is 3.49. The molecule has 8 nitrogen and oxygen atoms in total. The van der Waals surface area contributed by atoms with Crippen molar-refractivity contribution in [1.29, 1.82) is 0 Å². The number of hydrogen-bond donors (Lipinski definition) is 1. The van der Waals surface area contributed by atoms with E-state index in [1.54, 1.807) is 24.3 Å². The van der Waals surface area contributed by atoms with E-state index >= 15 is 0 Å². The SMILES string of the molecule is Cc1csc(Sc2ccc(C(=O)NCc3ccc(C(=O)N4CCCC4)cc3)cc2[N+](=O)[O-])n1. The molecule has 1 N–H and O–H groups in total. The number of aromatic nitrogens is 1. The number of carbonyl (C=O) groups is 2. The first-order valence-electron chi connectivity index (χ1n) is 10.5. The van der Waals surface area contributed by atoms with E-state index in [4.69, 9.17) is 0 Å². The summed E-state index contributed by atoms with van der Waals surface area (Å²) in [6.45, 7) is 3.70. The van der Waals surface area contributed by atoms with Gasteiger partial charge >= 0.3 is 0 Å². The van der Waals surface area contributed by atoms with E-state index in [1.165, 1.54) is 29.2 Å². The fourth-order valence-electron chi connectivity index (χ4n) is 3.51. The number of likely N-dealkylation sites (tertiary alicyclic amines) is 1. The van der Waals surface area contributed by atoms with Crippen molar-refractivity contribution in [3.8, 4) is 0 Å². The lowest BCUT2D eigenvalue weighted by atomic mass is 10.1. The van der Waals surface area contributed by atoms with Gasteiger partial charge in [0.15, 0.2) is 4.34 Å². The molecular weight excluding hydrogens is 460 g/mol. The Morgan fingerprint density at radius 3 is 2.48 bits per heavy atom. The van der Waals surface area contributed by atoms with Crippen molar-refractivity contribution in [3.05, 3.63) is 80.3 Å². The third-order valence-corrected chi connectivity index (χ3v) is 7.38. The van der Waals surface area contributed by atoms with Crippen molar-refractivity contribution < 1.29 is 14.5 Å². The maximum Gasteiger partial charge on any atom is 0.284 e. The zero-order valence-corrected chi connectivity index (χ0v) is 19.6. The van der Waals surface area contributed by atoms with E-state index in [0.717, 1.165) is 37.2 Å². The Labute approximate surface area is 199 Å². The van der Waals surface area contributed by atoms with Crippen LogP contribution in [0.1, 0.15) is 44.8 Å². The second kappa shape index (κ2) is 10.1. The number of thiazole rings is 1. The first-order valence-corrected chi connectivity index (χ1v) is 12.1. The van der Waals surface area contributed by atoms with Gasteiger partial charge in [-0.15, -0.1) is 11.3 Å². The summed E-state index contributed by atoms with van der Waals surface area (Å²) >= 11 is 2.63. The molecular formula is C23H22N4O4S2. The molecule has 0 atom stereocenters. The average molecular weight is 483 g/mol. The monoisotopic (exact) mass is 482 g/mol. The minimum atomic E-state index is -0.490. The zero-order valence-electron chi connectivity index (χ0n) is 17.9. The van der Waals surface area contributed by atoms with Crippen molar-refractivity contribution in [1.82, 2.24) is 15.2 Å². The Kier molecular flexibility index (Phi) is 7.05. The molecule has 1 saturated heterocycles. The van der Waals surface area contributed by atoms with Gasteiger partial charge in [-0.25, -0.2) is 4.98 Å². The van der Waals surface area contributed by atoms with Crippen LogP contribution >= 0.6 is 23.1 Å². The number of aryl methyl sites for hydroxylation is 1. The Morgan fingerprint density at radius 2 is 1.85 bits per heavy atom. The number of hydrogen-bond acceptors (Lipinski definition) is 7. The third-order valence-electron chi connectivity index (χ3n) is 5.26. The van der Waals surface area contributed by atoms with Crippen LogP contribution in [0.25, 0.3) is 0 Å². The highest BCUT2D eigenvalue weighted by Gasteiger charge is 2.21. The van der Waals surface area contributed by atoms with E-state index in [9.17, 15) is 19.7 Å². The summed E-state index contributed by atoms with van der Waals surface area (Å²) in [6.07, 6.45) is 2.08. The van der Waals surface area contributed by atoms with E-state index in [1.807, 2.05) is 29.3 Å². The highest BCUT2D eigenvalue weighted by atomic mass is 32.2. The van der Waals surface area contributed by atoms with Gasteiger partial charge in [0.1, 0.15) is 0 Å². The van der Waals surface area contributed by atoms with Gasteiger partial charge in [0.2, 0.25) is 0 Å². The second-order valence-corrected chi connectivity index (χ2v) is 9.82. The standard InChI is InChI=1S/C23H22N4O4S2/c1-15-14-32-23(25-15)33-20-9-8-18(12-19(20)27(30)31)21(28)24-13-16-4-6-17(7-5-16)22(29)26-10-2-3-11-26/h4-9,12,14H,2-3,10-11,13H2,1H3,(H,24,28). The Bertz CT molecular complexity index is 1190. The molecule has 2 heterocycles. The summed E-state index contributed by atoms with van der Waals surface area (Å²) in [4.78, 5) is 42.7. The summed E-state index contributed by atoms with van der Waals surface area (Å²) in [5.74, 6) is -0.377. The van der Waals surface area contributed by atoms with Crippen LogP contribution in [-0.4, -0.2) is 39.7 Å². The maximum atomic E-state index is 12.6. The molecule has 0 radical (unpaired) electrons. The van der Waals surface area contributed by atoms with E-state index in [-0.39, 0.29) is 23.7 Å². The van der Waals surface area contributed by atoms with Crippen LogP contribution in [-0.2, 0) is 6.54 Å². The fraction of sp³-hybridized carbons (Fsp3) is 0.261. The first kappa shape index (κ1) is 22.9. The summed E-state index contributed by atoms with van der Waals surface area (Å²) in [6, 6.07) is 11.6. The number of nitro groups is 1. The Hall–Kier alpha value is -3.24. The molecule has 0 bridgehead atoms. The molecule has 0 unspecified atom stereocenters. The van der Waals surface area contributed by atoms with Crippen LogP contribution in [0.15, 0.2) is 57.1 Å². The van der Waals surface area contributed by atoms with E-state index < -0.39 is 10.8 Å². The molecule has 3 aromatic rings. The second-order valence-electron chi connectivity index (χ2n) is 7.68. The molecule has 0 saturated carbocycles. The lowest BCUT2D eigenvalue weighted by Crippen LogP contribution is -2.27. The highest BCUT2D eigenvalue weighted by Crippen LogP contribution is 2.36. The highest BCUT2D eigenvalue weighted by molar-refractivity contribution is 8.01. The Balaban J connectivity index is 1.40. The van der Waals surface area contributed by atoms with Gasteiger partial charge < -0.3 is 10.2 Å². The van der Waals surface area contributed by atoms with Gasteiger partial charge in [-0.3, -0.25) is 19.7 Å². The molecule has 0 spiro atoms. The molecule has 0 aliphatic carbocycles. The van der Waals surface area contributed by atoms with Crippen molar-refractivity contribution in [2.75, 3.05) is 13.1 Å². The van der Waals surface area contributed by atoms with Crippen molar-refractivity contribution in [2.45, 2.75) is 35.5 Å². The number of benzene rings is 2. The summed E-state index contributed by atoms with van der Waals surface area (Å²) in [5.41, 5.74) is 2.40. The number of rotatable bonds is 7. The molecule has 2 amide bonds. The molecule has 1 aliphatic rings. The molecule has 1 fully saturated rings. The normalized spacial score (nSPS) is 13.2. The summed E-state index contributed by atoms with van der Waals surface area (Å²) < 4.78 is 0.708. The summed E-state index contributed by atoms with van der Waals surface area (Å²) in [7, 11) is 0. The third kappa shape index (κ3) is 5.58. The smallest absolute Gasteiger partial charge is 0.284 e.